The minimum Gasteiger partial charge on any atom is -0.384 e. The van der Waals surface area contributed by atoms with E-state index in [4.69, 9.17) is 15.4 Å². The fourth-order valence-electron chi connectivity index (χ4n) is 1.01. The van der Waals surface area contributed by atoms with Gasteiger partial charge in [-0.25, -0.2) is 0 Å². The maximum Gasteiger partial charge on any atom is 0.255 e. The highest BCUT2D eigenvalue weighted by Gasteiger charge is 2.15. The standard InChI is InChI=1S/C8H15N3O2/c1-3-4-6(9)7-10-8(5(2)12)13-11-7/h5-6,12H,3-4,9H2,1-2H3. The predicted octanol–water partition coefficient (Wildman–Crippen LogP) is 0.923. The summed E-state index contributed by atoms with van der Waals surface area (Å²) < 4.78 is 4.80. The molecule has 1 aromatic heterocycles. The molecule has 0 aromatic carbocycles. The molecule has 0 saturated carbocycles. The molecule has 1 rings (SSSR count). The molecule has 5 heteroatoms. The van der Waals surface area contributed by atoms with Crippen molar-refractivity contribution in [1.29, 1.82) is 0 Å². The molecule has 0 radical (unpaired) electrons. The Hall–Kier alpha value is -0.940. The predicted molar refractivity (Wildman–Crippen MR) is 46.8 cm³/mol. The van der Waals surface area contributed by atoms with E-state index in [0.717, 1.165) is 12.8 Å². The van der Waals surface area contributed by atoms with Crippen LogP contribution in [0.25, 0.3) is 0 Å². The molecule has 5 nitrogen and oxygen atoms in total. The van der Waals surface area contributed by atoms with Crippen molar-refractivity contribution in [2.24, 2.45) is 5.73 Å². The molecule has 3 N–H and O–H groups in total. The van der Waals surface area contributed by atoms with Gasteiger partial charge >= 0.3 is 0 Å². The van der Waals surface area contributed by atoms with Gasteiger partial charge in [-0.15, -0.1) is 0 Å². The molecule has 0 fully saturated rings. The minimum atomic E-state index is -0.727. The summed E-state index contributed by atoms with van der Waals surface area (Å²) in [6.45, 7) is 3.61. The van der Waals surface area contributed by atoms with Crippen LogP contribution in [0.4, 0.5) is 0 Å². The van der Waals surface area contributed by atoms with Crippen LogP contribution >= 0.6 is 0 Å². The van der Waals surface area contributed by atoms with Crippen LogP contribution in [0.1, 0.15) is 50.6 Å². The van der Waals surface area contributed by atoms with E-state index in [9.17, 15) is 0 Å². The zero-order chi connectivity index (χ0) is 9.84. The van der Waals surface area contributed by atoms with E-state index >= 15 is 0 Å². The SMILES string of the molecule is CCCC(N)c1noc(C(C)O)n1. The molecule has 2 unspecified atom stereocenters. The fraction of sp³-hybridized carbons (Fsp3) is 0.750. The van der Waals surface area contributed by atoms with Gasteiger partial charge in [0, 0.05) is 0 Å². The monoisotopic (exact) mass is 185 g/mol. The van der Waals surface area contributed by atoms with Crippen LogP contribution in [-0.4, -0.2) is 15.2 Å². The molecule has 0 spiro atoms. The Bertz CT molecular complexity index is 260. The molecule has 1 aromatic rings. The zero-order valence-electron chi connectivity index (χ0n) is 7.90. The summed E-state index contributed by atoms with van der Waals surface area (Å²) >= 11 is 0. The van der Waals surface area contributed by atoms with Gasteiger partial charge in [-0.2, -0.15) is 4.98 Å². The minimum absolute atomic E-state index is 0.193. The van der Waals surface area contributed by atoms with Gasteiger partial charge in [0.15, 0.2) is 5.82 Å². The van der Waals surface area contributed by atoms with E-state index in [1.807, 2.05) is 6.92 Å². The van der Waals surface area contributed by atoms with Crippen molar-refractivity contribution < 1.29 is 9.63 Å². The average molecular weight is 185 g/mol. The van der Waals surface area contributed by atoms with Gasteiger partial charge in [0.1, 0.15) is 6.10 Å². The molecular formula is C8H15N3O2. The maximum atomic E-state index is 9.11. The van der Waals surface area contributed by atoms with Crippen LogP contribution in [0.2, 0.25) is 0 Å². The lowest BCUT2D eigenvalue weighted by atomic mass is 10.2. The summed E-state index contributed by atoms with van der Waals surface area (Å²) in [6, 6.07) is -0.193. The Morgan fingerprint density at radius 2 is 2.31 bits per heavy atom. The lowest BCUT2D eigenvalue weighted by Gasteiger charge is -2.02. The number of aliphatic hydroxyl groups is 1. The van der Waals surface area contributed by atoms with Crippen molar-refractivity contribution in [3.63, 3.8) is 0 Å². The number of rotatable bonds is 4. The van der Waals surface area contributed by atoms with Gasteiger partial charge < -0.3 is 15.4 Å². The number of nitrogens with two attached hydrogens (primary N) is 1. The second-order valence-electron chi connectivity index (χ2n) is 3.06. The first-order valence-electron chi connectivity index (χ1n) is 4.42. The topological polar surface area (TPSA) is 85.2 Å². The number of aliphatic hydroxyl groups excluding tert-OH is 1. The molecular weight excluding hydrogens is 170 g/mol. The summed E-state index contributed by atoms with van der Waals surface area (Å²) in [6.07, 6.45) is 1.06. The number of nitrogens with zero attached hydrogens (tertiary/aromatic N) is 2. The van der Waals surface area contributed by atoms with Gasteiger partial charge in [-0.3, -0.25) is 0 Å². The Balaban J connectivity index is 2.67. The van der Waals surface area contributed by atoms with Crippen molar-refractivity contribution in [2.75, 3.05) is 0 Å². The Morgan fingerprint density at radius 3 is 2.77 bits per heavy atom. The average Bonchev–Trinajstić information content (AvgIpc) is 2.52. The first-order valence-corrected chi connectivity index (χ1v) is 4.42. The quantitative estimate of drug-likeness (QED) is 0.728. The van der Waals surface area contributed by atoms with Crippen molar-refractivity contribution in [3.05, 3.63) is 11.7 Å². The summed E-state index contributed by atoms with van der Waals surface area (Å²) in [5.74, 6) is 0.694. The Labute approximate surface area is 76.9 Å². The third-order valence-electron chi connectivity index (χ3n) is 1.75. The first-order chi connectivity index (χ1) is 6.15. The van der Waals surface area contributed by atoms with Crippen LogP contribution in [0.5, 0.6) is 0 Å². The molecule has 0 aliphatic carbocycles. The van der Waals surface area contributed by atoms with Crippen molar-refractivity contribution >= 4 is 0 Å². The molecule has 0 amide bonds. The second-order valence-corrected chi connectivity index (χ2v) is 3.06. The number of hydrogen-bond donors (Lipinski definition) is 2. The molecule has 74 valence electrons. The van der Waals surface area contributed by atoms with E-state index in [-0.39, 0.29) is 11.9 Å². The van der Waals surface area contributed by atoms with Crippen LogP contribution < -0.4 is 5.73 Å². The summed E-state index contributed by atoms with van der Waals surface area (Å²) in [4.78, 5) is 3.98. The molecule has 2 atom stereocenters. The van der Waals surface area contributed by atoms with E-state index in [0.29, 0.717) is 5.82 Å². The summed E-state index contributed by atoms with van der Waals surface area (Å²) in [5, 5.41) is 12.8. The highest BCUT2D eigenvalue weighted by Crippen LogP contribution is 2.15. The zero-order valence-corrected chi connectivity index (χ0v) is 7.90. The molecule has 0 saturated heterocycles. The number of hydrogen-bond acceptors (Lipinski definition) is 5. The fourth-order valence-corrected chi connectivity index (χ4v) is 1.01. The molecule has 0 bridgehead atoms. The highest BCUT2D eigenvalue weighted by molar-refractivity contribution is 4.93. The van der Waals surface area contributed by atoms with Gasteiger partial charge in [-0.1, -0.05) is 18.5 Å². The van der Waals surface area contributed by atoms with E-state index in [1.165, 1.54) is 0 Å². The van der Waals surface area contributed by atoms with E-state index < -0.39 is 6.10 Å². The van der Waals surface area contributed by atoms with Crippen molar-refractivity contribution in [3.8, 4) is 0 Å². The lowest BCUT2D eigenvalue weighted by molar-refractivity contribution is 0.151. The normalized spacial score (nSPS) is 15.7. The van der Waals surface area contributed by atoms with Gasteiger partial charge in [0.2, 0.25) is 0 Å². The molecule has 0 aliphatic rings. The van der Waals surface area contributed by atoms with Crippen molar-refractivity contribution in [2.45, 2.75) is 38.8 Å². The van der Waals surface area contributed by atoms with Crippen LogP contribution in [0, 0.1) is 0 Å². The van der Waals surface area contributed by atoms with Crippen molar-refractivity contribution in [1.82, 2.24) is 10.1 Å². The van der Waals surface area contributed by atoms with E-state index in [2.05, 4.69) is 10.1 Å². The lowest BCUT2D eigenvalue weighted by Crippen LogP contribution is -2.11. The van der Waals surface area contributed by atoms with Gasteiger partial charge in [0.25, 0.3) is 5.89 Å². The number of aromatic nitrogens is 2. The Morgan fingerprint density at radius 1 is 1.62 bits per heavy atom. The molecule has 13 heavy (non-hydrogen) atoms. The maximum absolute atomic E-state index is 9.11. The first kappa shape index (κ1) is 10.1. The smallest absolute Gasteiger partial charge is 0.255 e. The third kappa shape index (κ3) is 2.50. The van der Waals surface area contributed by atoms with Gasteiger partial charge in [0.05, 0.1) is 6.04 Å². The second kappa shape index (κ2) is 4.34. The molecule has 0 aliphatic heterocycles. The highest BCUT2D eigenvalue weighted by atomic mass is 16.5. The summed E-state index contributed by atoms with van der Waals surface area (Å²) in [7, 11) is 0. The van der Waals surface area contributed by atoms with Crippen LogP contribution in [0.3, 0.4) is 0 Å². The van der Waals surface area contributed by atoms with Crippen LogP contribution in [0.15, 0.2) is 4.52 Å². The van der Waals surface area contributed by atoms with Gasteiger partial charge in [-0.05, 0) is 13.3 Å². The van der Waals surface area contributed by atoms with Crippen LogP contribution in [-0.2, 0) is 0 Å². The summed E-state index contributed by atoms with van der Waals surface area (Å²) in [5.41, 5.74) is 5.75. The third-order valence-corrected chi connectivity index (χ3v) is 1.75. The van der Waals surface area contributed by atoms with E-state index in [1.54, 1.807) is 6.92 Å². The largest absolute Gasteiger partial charge is 0.384 e. The Kier molecular flexibility index (Phi) is 3.39. The molecule has 1 heterocycles.